The van der Waals surface area contributed by atoms with Crippen molar-refractivity contribution in [1.82, 2.24) is 9.55 Å². The number of carbonyl (C=O) groups excluding carboxylic acids is 1. The van der Waals surface area contributed by atoms with E-state index in [2.05, 4.69) is 17.2 Å². The summed E-state index contributed by atoms with van der Waals surface area (Å²) in [5, 5.41) is 3.22. The molecule has 1 heterocycles. The Balaban J connectivity index is 2.19. The lowest BCUT2D eigenvalue weighted by molar-refractivity contribution is 0.100. The minimum Gasteiger partial charge on any atom is -0.495 e. The van der Waals surface area contributed by atoms with E-state index in [1.54, 1.807) is 31.5 Å². The number of nitrogens with one attached hydrogen (secondary N) is 1. The van der Waals surface area contributed by atoms with Gasteiger partial charge in [0.1, 0.15) is 11.6 Å². The molecule has 0 aliphatic rings. The van der Waals surface area contributed by atoms with Gasteiger partial charge >= 0.3 is 0 Å². The molecule has 0 radical (unpaired) electrons. The molecule has 6 heteroatoms. The molecule has 3 N–H and O–H groups in total. The molecule has 0 bridgehead atoms. The number of hydrogen-bond donors (Lipinski definition) is 2. The Kier molecular flexibility index (Phi) is 4.24. The second-order valence-electron chi connectivity index (χ2n) is 4.26. The van der Waals surface area contributed by atoms with Gasteiger partial charge in [-0.25, -0.2) is 4.98 Å². The zero-order valence-corrected chi connectivity index (χ0v) is 11.6. The normalized spacial score (nSPS) is 10.3. The number of nitrogens with two attached hydrogens (primary N) is 1. The number of rotatable bonds is 6. The first kappa shape index (κ1) is 13.9. The van der Waals surface area contributed by atoms with Crippen molar-refractivity contribution in [2.75, 3.05) is 12.4 Å². The lowest BCUT2D eigenvalue weighted by Crippen LogP contribution is -2.12. The zero-order valence-electron chi connectivity index (χ0n) is 11.6. The Morgan fingerprint density at radius 3 is 2.95 bits per heavy atom. The molecule has 0 unspecified atom stereocenters. The van der Waals surface area contributed by atoms with Crippen LogP contribution in [0.1, 0.15) is 23.1 Å². The molecule has 106 valence electrons. The molecule has 0 saturated heterocycles. The Labute approximate surface area is 117 Å². The van der Waals surface area contributed by atoms with Gasteiger partial charge in [0.05, 0.1) is 19.3 Å². The van der Waals surface area contributed by atoms with Gasteiger partial charge in [0.2, 0.25) is 5.91 Å². The quantitative estimate of drug-likeness (QED) is 0.838. The molecule has 0 fully saturated rings. The first-order valence-electron chi connectivity index (χ1n) is 6.37. The lowest BCUT2D eigenvalue weighted by Gasteiger charge is -2.12. The van der Waals surface area contributed by atoms with Crippen LogP contribution in [0.4, 0.5) is 5.69 Å². The van der Waals surface area contributed by atoms with Crippen LogP contribution in [-0.2, 0) is 13.1 Å². The summed E-state index contributed by atoms with van der Waals surface area (Å²) in [7, 11) is 1.58. The predicted octanol–water partition coefficient (Wildman–Crippen LogP) is 1.62. The van der Waals surface area contributed by atoms with Gasteiger partial charge in [-0.1, -0.05) is 0 Å². The number of imidazole rings is 1. The van der Waals surface area contributed by atoms with Gasteiger partial charge in [-0.05, 0) is 25.1 Å². The van der Waals surface area contributed by atoms with Crippen LogP contribution < -0.4 is 15.8 Å². The number of nitrogens with zero attached hydrogens (tertiary/aromatic N) is 2. The number of anilines is 1. The summed E-state index contributed by atoms with van der Waals surface area (Å²) in [6.07, 6.45) is 3.69. The number of benzene rings is 1. The summed E-state index contributed by atoms with van der Waals surface area (Å²) in [5.41, 5.74) is 6.44. The minimum absolute atomic E-state index is 0.437. The molecular formula is C14H18N4O2. The highest BCUT2D eigenvalue weighted by molar-refractivity contribution is 5.94. The number of methoxy groups -OCH3 is 1. The fourth-order valence-electron chi connectivity index (χ4n) is 1.97. The van der Waals surface area contributed by atoms with Crippen LogP contribution in [0.5, 0.6) is 5.75 Å². The van der Waals surface area contributed by atoms with Crippen molar-refractivity contribution < 1.29 is 9.53 Å². The van der Waals surface area contributed by atoms with Gasteiger partial charge in [-0.2, -0.15) is 0 Å². The van der Waals surface area contributed by atoms with Gasteiger partial charge in [-0.3, -0.25) is 4.79 Å². The number of amides is 1. The number of aryl methyl sites for hydroxylation is 1. The van der Waals surface area contributed by atoms with Crippen LogP contribution in [-0.4, -0.2) is 22.6 Å². The second kappa shape index (κ2) is 6.10. The Hall–Kier alpha value is -2.50. The maximum Gasteiger partial charge on any atom is 0.248 e. The first-order chi connectivity index (χ1) is 9.65. The van der Waals surface area contributed by atoms with E-state index >= 15 is 0 Å². The van der Waals surface area contributed by atoms with Gasteiger partial charge in [0.15, 0.2) is 0 Å². The summed E-state index contributed by atoms with van der Waals surface area (Å²) in [6.45, 7) is 3.45. The third-order valence-corrected chi connectivity index (χ3v) is 3.06. The maximum absolute atomic E-state index is 11.2. The Morgan fingerprint density at radius 1 is 1.50 bits per heavy atom. The average molecular weight is 274 g/mol. The average Bonchev–Trinajstić information content (AvgIpc) is 2.92. The zero-order chi connectivity index (χ0) is 14.5. The van der Waals surface area contributed by atoms with Crippen molar-refractivity contribution in [3.8, 4) is 5.75 Å². The Bertz CT molecular complexity index is 607. The molecule has 20 heavy (non-hydrogen) atoms. The highest BCUT2D eigenvalue weighted by atomic mass is 16.5. The van der Waals surface area contributed by atoms with Crippen LogP contribution >= 0.6 is 0 Å². The summed E-state index contributed by atoms with van der Waals surface area (Å²) in [4.78, 5) is 15.5. The molecule has 6 nitrogen and oxygen atoms in total. The standard InChI is InChI=1S/C14H18N4O2/c1-3-18-7-6-16-13(18)9-17-11-8-10(14(15)19)4-5-12(11)20-2/h4-8,17H,3,9H2,1-2H3,(H2,15,19). The fourth-order valence-corrected chi connectivity index (χ4v) is 1.97. The largest absolute Gasteiger partial charge is 0.495 e. The summed E-state index contributed by atoms with van der Waals surface area (Å²) >= 11 is 0. The molecule has 2 rings (SSSR count). The minimum atomic E-state index is -0.467. The highest BCUT2D eigenvalue weighted by Gasteiger charge is 2.09. The third-order valence-electron chi connectivity index (χ3n) is 3.06. The molecule has 0 aliphatic carbocycles. The van der Waals surface area contributed by atoms with Crippen molar-refractivity contribution >= 4 is 11.6 Å². The van der Waals surface area contributed by atoms with Gasteiger partial charge in [0, 0.05) is 24.5 Å². The van der Waals surface area contributed by atoms with E-state index < -0.39 is 5.91 Å². The molecule has 1 amide bonds. The van der Waals surface area contributed by atoms with Crippen molar-refractivity contribution in [3.05, 3.63) is 42.0 Å². The number of carbonyl (C=O) groups is 1. The van der Waals surface area contributed by atoms with Gasteiger partial charge in [0.25, 0.3) is 0 Å². The molecular weight excluding hydrogens is 256 g/mol. The van der Waals surface area contributed by atoms with Crippen LogP contribution in [0.2, 0.25) is 0 Å². The maximum atomic E-state index is 11.2. The molecule has 2 aromatic rings. The van der Waals surface area contributed by atoms with Crippen molar-refractivity contribution in [2.24, 2.45) is 5.73 Å². The molecule has 0 saturated carbocycles. The summed E-state index contributed by atoms with van der Waals surface area (Å²) < 4.78 is 7.30. The Morgan fingerprint density at radius 2 is 2.30 bits per heavy atom. The van der Waals surface area contributed by atoms with Gasteiger partial charge in [-0.15, -0.1) is 0 Å². The smallest absolute Gasteiger partial charge is 0.248 e. The van der Waals surface area contributed by atoms with E-state index in [9.17, 15) is 4.79 Å². The third kappa shape index (κ3) is 2.90. The van der Waals surface area contributed by atoms with Crippen LogP contribution in [0, 0.1) is 0 Å². The van der Waals surface area contributed by atoms with Crippen molar-refractivity contribution in [3.63, 3.8) is 0 Å². The van der Waals surface area contributed by atoms with E-state index in [0.29, 0.717) is 17.9 Å². The molecule has 1 aromatic heterocycles. The van der Waals surface area contributed by atoms with Gasteiger partial charge < -0.3 is 20.4 Å². The highest BCUT2D eigenvalue weighted by Crippen LogP contribution is 2.25. The number of ether oxygens (including phenoxy) is 1. The lowest BCUT2D eigenvalue weighted by atomic mass is 10.1. The van der Waals surface area contributed by atoms with E-state index in [1.165, 1.54) is 0 Å². The molecule has 1 aromatic carbocycles. The van der Waals surface area contributed by atoms with Crippen molar-refractivity contribution in [2.45, 2.75) is 20.0 Å². The number of primary amides is 1. The van der Waals surface area contributed by atoms with Crippen LogP contribution in [0.3, 0.4) is 0 Å². The van der Waals surface area contributed by atoms with Crippen LogP contribution in [0.25, 0.3) is 0 Å². The fraction of sp³-hybridized carbons (Fsp3) is 0.286. The summed E-state index contributed by atoms with van der Waals surface area (Å²) in [5.74, 6) is 1.11. The second-order valence-corrected chi connectivity index (χ2v) is 4.26. The van der Waals surface area contributed by atoms with E-state index in [1.807, 2.05) is 10.8 Å². The summed E-state index contributed by atoms with van der Waals surface area (Å²) in [6, 6.07) is 5.04. The monoisotopic (exact) mass is 274 g/mol. The van der Waals surface area contributed by atoms with E-state index in [4.69, 9.17) is 10.5 Å². The SMILES string of the molecule is CCn1ccnc1CNc1cc(C(N)=O)ccc1OC. The number of hydrogen-bond acceptors (Lipinski definition) is 4. The first-order valence-corrected chi connectivity index (χ1v) is 6.37. The molecule has 0 aliphatic heterocycles. The van der Waals surface area contributed by atoms with E-state index in [0.717, 1.165) is 18.1 Å². The molecule has 0 atom stereocenters. The topological polar surface area (TPSA) is 82.2 Å². The number of aromatic nitrogens is 2. The van der Waals surface area contributed by atoms with Crippen LogP contribution in [0.15, 0.2) is 30.6 Å². The van der Waals surface area contributed by atoms with Crippen molar-refractivity contribution in [1.29, 1.82) is 0 Å². The molecule has 0 spiro atoms. The van der Waals surface area contributed by atoms with E-state index in [-0.39, 0.29) is 0 Å². The predicted molar refractivity (Wildman–Crippen MR) is 76.7 cm³/mol.